The zero-order valence-electron chi connectivity index (χ0n) is 12.3. The van der Waals surface area contributed by atoms with E-state index in [1.165, 1.54) is 11.1 Å². The van der Waals surface area contributed by atoms with Crippen molar-refractivity contribution in [2.45, 2.75) is 33.3 Å². The number of carbonyl (C=O) groups is 1. The number of carbonyl (C=O) groups excluding carboxylic acids is 1. The second kappa shape index (κ2) is 8.28. The molecule has 0 aliphatic rings. The molecule has 2 heteroatoms. The molecular weight excluding hydrogens is 248 g/mol. The van der Waals surface area contributed by atoms with Gasteiger partial charge in [-0.25, -0.2) is 0 Å². The van der Waals surface area contributed by atoms with Crippen LogP contribution in [0.2, 0.25) is 0 Å². The fraction of sp³-hybridized carbons (Fsp3) is 0.278. The molecule has 0 aromatic heterocycles. The molecule has 1 atom stereocenters. The molecule has 1 unspecified atom stereocenters. The van der Waals surface area contributed by atoms with Gasteiger partial charge in [-0.15, -0.1) is 0 Å². The Kier molecular flexibility index (Phi) is 6.68. The summed E-state index contributed by atoms with van der Waals surface area (Å²) in [6, 6.07) is 15.5. The van der Waals surface area contributed by atoms with Gasteiger partial charge in [-0.3, -0.25) is 4.79 Å². The van der Waals surface area contributed by atoms with E-state index in [0.717, 1.165) is 23.8 Å². The van der Waals surface area contributed by atoms with Gasteiger partial charge in [-0.1, -0.05) is 66.6 Å². The van der Waals surface area contributed by atoms with Crippen LogP contribution in [0.3, 0.4) is 0 Å². The van der Waals surface area contributed by atoms with E-state index in [1.807, 2.05) is 69.3 Å². The lowest BCUT2D eigenvalue weighted by Gasteiger charge is -2.07. The number of hydrogen-bond donors (Lipinski definition) is 1. The van der Waals surface area contributed by atoms with Crippen LogP contribution in [-0.2, 0) is 0 Å². The van der Waals surface area contributed by atoms with Crippen LogP contribution in [0.25, 0.3) is 0 Å². The Hall–Kier alpha value is -1.93. The number of aryl methyl sites for hydroxylation is 2. The number of aliphatic hydroxyl groups is 1. The quantitative estimate of drug-likeness (QED) is 0.847. The number of aliphatic hydroxyl groups excluding tert-OH is 1. The molecule has 106 valence electrons. The van der Waals surface area contributed by atoms with Gasteiger partial charge in [0.05, 0.1) is 6.10 Å². The maximum atomic E-state index is 10.1. The van der Waals surface area contributed by atoms with Crippen molar-refractivity contribution in [2.24, 2.45) is 0 Å². The fourth-order valence-corrected chi connectivity index (χ4v) is 1.67. The predicted molar refractivity (Wildman–Crippen MR) is 83.0 cm³/mol. The van der Waals surface area contributed by atoms with Gasteiger partial charge in [-0.05, 0) is 25.8 Å². The summed E-state index contributed by atoms with van der Waals surface area (Å²) in [6.45, 7) is 6.02. The van der Waals surface area contributed by atoms with Crippen molar-refractivity contribution >= 4 is 6.29 Å². The average Bonchev–Trinajstić information content (AvgIpc) is 2.49. The fourth-order valence-electron chi connectivity index (χ4n) is 1.67. The smallest absolute Gasteiger partial charge is 0.150 e. The topological polar surface area (TPSA) is 37.3 Å². The molecule has 0 saturated heterocycles. The summed E-state index contributed by atoms with van der Waals surface area (Å²) in [5.41, 5.74) is 4.16. The van der Waals surface area contributed by atoms with E-state index in [2.05, 4.69) is 0 Å². The van der Waals surface area contributed by atoms with E-state index in [1.54, 1.807) is 0 Å². The Morgan fingerprint density at radius 1 is 0.950 bits per heavy atom. The Morgan fingerprint density at radius 2 is 1.40 bits per heavy atom. The Balaban J connectivity index is 0.000000204. The first kappa shape index (κ1) is 16.1. The highest BCUT2D eigenvalue weighted by Crippen LogP contribution is 2.15. The number of rotatable bonds is 3. The van der Waals surface area contributed by atoms with E-state index in [4.69, 9.17) is 0 Å². The van der Waals surface area contributed by atoms with Crippen LogP contribution in [0.4, 0.5) is 0 Å². The average molecular weight is 270 g/mol. The van der Waals surface area contributed by atoms with Gasteiger partial charge in [0.15, 0.2) is 0 Å². The van der Waals surface area contributed by atoms with Crippen molar-refractivity contribution < 1.29 is 9.90 Å². The molecule has 1 N–H and O–H groups in total. The van der Waals surface area contributed by atoms with Gasteiger partial charge < -0.3 is 5.11 Å². The summed E-state index contributed by atoms with van der Waals surface area (Å²) in [4.78, 5) is 10.1. The second-order valence-electron chi connectivity index (χ2n) is 4.86. The minimum Gasteiger partial charge on any atom is -0.388 e. The van der Waals surface area contributed by atoms with Gasteiger partial charge in [-0.2, -0.15) is 0 Å². The van der Waals surface area contributed by atoms with Crippen LogP contribution >= 0.6 is 0 Å². The van der Waals surface area contributed by atoms with Gasteiger partial charge >= 0.3 is 0 Å². The molecular formula is C18H22O2. The van der Waals surface area contributed by atoms with Crippen LogP contribution in [0, 0.1) is 13.8 Å². The summed E-state index contributed by atoms with van der Waals surface area (Å²) in [6.07, 6.45) is 1.33. The van der Waals surface area contributed by atoms with E-state index < -0.39 is 0 Å². The van der Waals surface area contributed by atoms with Crippen molar-refractivity contribution in [2.75, 3.05) is 0 Å². The number of hydrogen-bond acceptors (Lipinski definition) is 2. The molecule has 0 saturated carbocycles. The molecule has 0 fully saturated rings. The van der Waals surface area contributed by atoms with Crippen molar-refractivity contribution in [3.05, 3.63) is 70.8 Å². The summed E-state index contributed by atoms with van der Waals surface area (Å²) < 4.78 is 0. The SMILES string of the molecule is CCC(O)c1ccc(C)cc1.Cc1ccc(C=O)cc1. The highest BCUT2D eigenvalue weighted by molar-refractivity contribution is 5.74. The first-order valence-corrected chi connectivity index (χ1v) is 6.83. The zero-order chi connectivity index (χ0) is 15.0. The lowest BCUT2D eigenvalue weighted by Crippen LogP contribution is -1.93. The van der Waals surface area contributed by atoms with E-state index in [9.17, 15) is 9.90 Å². The molecule has 2 nitrogen and oxygen atoms in total. The third-order valence-corrected chi connectivity index (χ3v) is 3.06. The number of benzene rings is 2. The summed E-state index contributed by atoms with van der Waals surface area (Å²) in [5, 5.41) is 9.42. The van der Waals surface area contributed by atoms with Crippen LogP contribution < -0.4 is 0 Å². The molecule has 0 radical (unpaired) electrons. The van der Waals surface area contributed by atoms with Crippen LogP contribution in [0.1, 0.15) is 46.5 Å². The molecule has 2 aromatic carbocycles. The highest BCUT2D eigenvalue weighted by atomic mass is 16.3. The van der Waals surface area contributed by atoms with Gasteiger partial charge in [0.25, 0.3) is 0 Å². The highest BCUT2D eigenvalue weighted by Gasteiger charge is 2.02. The maximum absolute atomic E-state index is 10.1. The molecule has 0 heterocycles. The molecule has 0 aliphatic heterocycles. The standard InChI is InChI=1S/C10H14O.C8H8O/c1-3-10(11)9-6-4-8(2)5-7-9;1-7-2-4-8(6-9)5-3-7/h4-7,10-11H,3H2,1-2H3;2-6H,1H3. The first-order chi connectivity index (χ1) is 9.56. The number of aldehydes is 1. The lowest BCUT2D eigenvalue weighted by atomic mass is 10.1. The summed E-state index contributed by atoms with van der Waals surface area (Å²) in [7, 11) is 0. The van der Waals surface area contributed by atoms with Crippen molar-refractivity contribution in [1.29, 1.82) is 0 Å². The lowest BCUT2D eigenvalue weighted by molar-refractivity contribution is 0.112. The second-order valence-corrected chi connectivity index (χ2v) is 4.86. The van der Waals surface area contributed by atoms with E-state index in [0.29, 0.717) is 0 Å². The van der Waals surface area contributed by atoms with Gasteiger partial charge in [0.1, 0.15) is 6.29 Å². The van der Waals surface area contributed by atoms with E-state index in [-0.39, 0.29) is 6.10 Å². The molecule has 0 amide bonds. The summed E-state index contributed by atoms with van der Waals surface area (Å²) >= 11 is 0. The molecule has 20 heavy (non-hydrogen) atoms. The van der Waals surface area contributed by atoms with Crippen molar-refractivity contribution in [1.82, 2.24) is 0 Å². The molecule has 0 aliphatic carbocycles. The maximum Gasteiger partial charge on any atom is 0.150 e. The molecule has 0 spiro atoms. The first-order valence-electron chi connectivity index (χ1n) is 6.83. The van der Waals surface area contributed by atoms with Gasteiger partial charge in [0.2, 0.25) is 0 Å². The van der Waals surface area contributed by atoms with Crippen LogP contribution in [-0.4, -0.2) is 11.4 Å². The third kappa shape index (κ3) is 5.37. The zero-order valence-corrected chi connectivity index (χ0v) is 12.3. The van der Waals surface area contributed by atoms with Crippen LogP contribution in [0.5, 0.6) is 0 Å². The minimum absolute atomic E-state index is 0.296. The van der Waals surface area contributed by atoms with E-state index >= 15 is 0 Å². The van der Waals surface area contributed by atoms with Gasteiger partial charge in [0, 0.05) is 5.56 Å². The molecule has 2 aromatic rings. The Bertz CT molecular complexity index is 512. The molecule has 2 rings (SSSR count). The molecule has 0 bridgehead atoms. The summed E-state index contributed by atoms with van der Waals surface area (Å²) in [5.74, 6) is 0. The van der Waals surface area contributed by atoms with Crippen LogP contribution in [0.15, 0.2) is 48.5 Å². The van der Waals surface area contributed by atoms with Crippen molar-refractivity contribution in [3.8, 4) is 0 Å². The predicted octanol–water partition coefficient (Wildman–Crippen LogP) is 4.25. The largest absolute Gasteiger partial charge is 0.388 e. The minimum atomic E-state index is -0.296. The monoisotopic (exact) mass is 270 g/mol. The Labute approximate surface area is 121 Å². The van der Waals surface area contributed by atoms with Crippen molar-refractivity contribution in [3.63, 3.8) is 0 Å². The Morgan fingerprint density at radius 3 is 1.80 bits per heavy atom. The normalized spacial score (nSPS) is 11.2. The third-order valence-electron chi connectivity index (χ3n) is 3.06.